The predicted molar refractivity (Wildman–Crippen MR) is 144 cm³/mol. The van der Waals surface area contributed by atoms with E-state index >= 15 is 0 Å². The van der Waals surface area contributed by atoms with Crippen molar-refractivity contribution in [3.63, 3.8) is 0 Å². The standard InChI is InChI=1S/C31H30N4O2/c36-31(26-18-33-30(34-19-26)23-14-15-23)35-20-25-11-4-6-12-28(25)32-17-24-10-5-7-13-29(24)37-21-27(35)16-22-8-2-1-3-9-22/h1-13,18-19,23,27,32H,14-17,20-21H2/t27-/m0/s1. The number of hydrogen-bond acceptors (Lipinski definition) is 5. The smallest absolute Gasteiger partial charge is 0.257 e. The van der Waals surface area contributed by atoms with Gasteiger partial charge in [0.1, 0.15) is 18.2 Å². The van der Waals surface area contributed by atoms with E-state index in [1.165, 1.54) is 0 Å². The molecule has 0 spiro atoms. The largest absolute Gasteiger partial charge is 0.491 e. The van der Waals surface area contributed by atoms with Crippen molar-refractivity contribution in [2.45, 2.75) is 44.3 Å². The van der Waals surface area contributed by atoms with Crippen LogP contribution in [-0.2, 0) is 19.5 Å². The normalized spacial score (nSPS) is 17.4. The third-order valence-electron chi connectivity index (χ3n) is 7.11. The topological polar surface area (TPSA) is 67.4 Å². The predicted octanol–water partition coefficient (Wildman–Crippen LogP) is 5.61. The van der Waals surface area contributed by atoms with Crippen LogP contribution in [0, 0.1) is 0 Å². The van der Waals surface area contributed by atoms with Gasteiger partial charge in [0.05, 0.1) is 11.6 Å². The fraction of sp³-hybridized carbons (Fsp3) is 0.258. The van der Waals surface area contributed by atoms with E-state index in [4.69, 9.17) is 4.74 Å². The minimum absolute atomic E-state index is 0.0887. The Morgan fingerprint density at radius 3 is 2.38 bits per heavy atom. The molecule has 37 heavy (non-hydrogen) atoms. The van der Waals surface area contributed by atoms with E-state index in [2.05, 4.69) is 45.6 Å². The molecule has 186 valence electrons. The average Bonchev–Trinajstić information content (AvgIpc) is 3.80. The summed E-state index contributed by atoms with van der Waals surface area (Å²) in [6.45, 7) is 1.46. The SMILES string of the molecule is O=C(c1cnc(C2CC2)nc1)N1Cc2ccccc2NCc2ccccc2OC[C@@H]1Cc1ccccc1. The van der Waals surface area contributed by atoms with Crippen LogP contribution in [0.1, 0.15) is 51.6 Å². The van der Waals surface area contributed by atoms with Crippen LogP contribution in [0.25, 0.3) is 0 Å². The molecule has 1 saturated carbocycles. The van der Waals surface area contributed by atoms with Gasteiger partial charge in [0, 0.05) is 42.7 Å². The Balaban J connectivity index is 1.40. The van der Waals surface area contributed by atoms with Gasteiger partial charge in [-0.3, -0.25) is 4.79 Å². The van der Waals surface area contributed by atoms with Crippen LogP contribution in [0.5, 0.6) is 5.75 Å². The van der Waals surface area contributed by atoms with E-state index in [0.717, 1.165) is 46.8 Å². The van der Waals surface area contributed by atoms with Gasteiger partial charge in [-0.1, -0.05) is 66.7 Å². The Morgan fingerprint density at radius 1 is 0.892 bits per heavy atom. The van der Waals surface area contributed by atoms with Crippen LogP contribution in [0.4, 0.5) is 5.69 Å². The number of nitrogens with one attached hydrogen (secondary N) is 1. The van der Waals surface area contributed by atoms with Crippen LogP contribution in [0.2, 0.25) is 0 Å². The van der Waals surface area contributed by atoms with Crippen molar-refractivity contribution in [2.75, 3.05) is 11.9 Å². The number of ether oxygens (including phenoxy) is 1. The number of fused-ring (bicyclic) bond motifs is 2. The Labute approximate surface area is 217 Å². The molecule has 1 fully saturated rings. The van der Waals surface area contributed by atoms with Gasteiger partial charge in [-0.15, -0.1) is 0 Å². The van der Waals surface area contributed by atoms with Crippen molar-refractivity contribution in [1.29, 1.82) is 0 Å². The van der Waals surface area contributed by atoms with Gasteiger partial charge in [0.15, 0.2) is 0 Å². The molecule has 1 aliphatic heterocycles. The van der Waals surface area contributed by atoms with Crippen LogP contribution in [0.15, 0.2) is 91.3 Å². The molecule has 1 atom stereocenters. The minimum atomic E-state index is -0.197. The van der Waals surface area contributed by atoms with Crippen molar-refractivity contribution in [1.82, 2.24) is 14.9 Å². The van der Waals surface area contributed by atoms with E-state index in [9.17, 15) is 4.79 Å². The van der Waals surface area contributed by atoms with Crippen LogP contribution in [-0.4, -0.2) is 33.4 Å². The molecule has 3 aromatic carbocycles. The van der Waals surface area contributed by atoms with Crippen LogP contribution in [0.3, 0.4) is 0 Å². The molecule has 0 radical (unpaired) electrons. The molecule has 0 saturated heterocycles. The number of amides is 1. The summed E-state index contributed by atoms with van der Waals surface area (Å²) in [6, 6.07) is 26.4. The molecule has 6 rings (SSSR count). The first-order valence-electron chi connectivity index (χ1n) is 12.9. The van der Waals surface area contributed by atoms with E-state index in [1.54, 1.807) is 12.4 Å². The van der Waals surface area contributed by atoms with E-state index < -0.39 is 0 Å². The van der Waals surface area contributed by atoms with Crippen molar-refractivity contribution in [3.05, 3.63) is 119 Å². The molecule has 0 unspecified atom stereocenters. The van der Waals surface area contributed by atoms with Gasteiger partial charge in [-0.25, -0.2) is 9.97 Å². The lowest BCUT2D eigenvalue weighted by Gasteiger charge is -2.32. The van der Waals surface area contributed by atoms with Crippen LogP contribution >= 0.6 is 0 Å². The molecule has 0 bridgehead atoms. The molecule has 6 nitrogen and oxygen atoms in total. The number of aromatic nitrogens is 2. The van der Waals surface area contributed by atoms with Crippen molar-refractivity contribution in [3.8, 4) is 5.75 Å². The van der Waals surface area contributed by atoms with E-state index in [1.807, 2.05) is 53.4 Å². The maximum Gasteiger partial charge on any atom is 0.257 e. The summed E-state index contributed by atoms with van der Waals surface area (Å²) >= 11 is 0. The molecule has 1 aromatic heterocycles. The maximum atomic E-state index is 14.1. The third kappa shape index (κ3) is 5.33. The average molecular weight is 491 g/mol. The monoisotopic (exact) mass is 490 g/mol. The Hall–Kier alpha value is -4.19. The minimum Gasteiger partial charge on any atom is -0.491 e. The maximum absolute atomic E-state index is 14.1. The zero-order valence-corrected chi connectivity index (χ0v) is 20.7. The second kappa shape index (κ2) is 10.4. The second-order valence-electron chi connectivity index (χ2n) is 9.81. The number of carbonyl (C=O) groups is 1. The highest BCUT2D eigenvalue weighted by atomic mass is 16.5. The van der Waals surface area contributed by atoms with E-state index in [0.29, 0.717) is 37.6 Å². The highest BCUT2D eigenvalue weighted by molar-refractivity contribution is 5.94. The summed E-state index contributed by atoms with van der Waals surface area (Å²) in [4.78, 5) is 25.1. The highest BCUT2D eigenvalue weighted by Crippen LogP contribution is 2.37. The zero-order chi connectivity index (χ0) is 25.0. The summed E-state index contributed by atoms with van der Waals surface area (Å²) in [5.41, 5.74) is 4.81. The number of carbonyl (C=O) groups excluding carboxylic acids is 1. The molecule has 1 N–H and O–H groups in total. The van der Waals surface area contributed by atoms with Crippen molar-refractivity contribution >= 4 is 11.6 Å². The fourth-order valence-corrected chi connectivity index (χ4v) is 4.86. The number of nitrogens with zero attached hydrogens (tertiary/aromatic N) is 3. The van der Waals surface area contributed by atoms with Gasteiger partial charge >= 0.3 is 0 Å². The molecule has 1 aliphatic carbocycles. The molecule has 2 heterocycles. The number of rotatable bonds is 4. The molecule has 4 aromatic rings. The van der Waals surface area contributed by atoms with Crippen LogP contribution < -0.4 is 10.1 Å². The van der Waals surface area contributed by atoms with Gasteiger partial charge in [-0.05, 0) is 42.5 Å². The number of hydrogen-bond donors (Lipinski definition) is 1. The molecular weight excluding hydrogens is 460 g/mol. The van der Waals surface area contributed by atoms with Crippen molar-refractivity contribution in [2.24, 2.45) is 0 Å². The van der Waals surface area contributed by atoms with Gasteiger partial charge in [0.2, 0.25) is 0 Å². The molecule has 1 amide bonds. The number of para-hydroxylation sites is 2. The number of anilines is 1. The highest BCUT2D eigenvalue weighted by Gasteiger charge is 2.30. The Morgan fingerprint density at radius 2 is 1.59 bits per heavy atom. The molecular formula is C31H30N4O2. The van der Waals surface area contributed by atoms with E-state index in [-0.39, 0.29) is 11.9 Å². The first-order valence-corrected chi connectivity index (χ1v) is 12.9. The third-order valence-corrected chi connectivity index (χ3v) is 7.11. The lowest BCUT2D eigenvalue weighted by Crippen LogP contribution is -2.44. The first kappa shape index (κ1) is 23.2. The zero-order valence-electron chi connectivity index (χ0n) is 20.7. The molecule has 6 heteroatoms. The van der Waals surface area contributed by atoms with Crippen molar-refractivity contribution < 1.29 is 9.53 Å². The van der Waals surface area contributed by atoms with Gasteiger partial charge in [-0.2, -0.15) is 0 Å². The summed E-state index contributed by atoms with van der Waals surface area (Å²) in [7, 11) is 0. The quantitative estimate of drug-likeness (QED) is 0.403. The lowest BCUT2D eigenvalue weighted by molar-refractivity contribution is 0.0590. The fourth-order valence-electron chi connectivity index (χ4n) is 4.86. The summed E-state index contributed by atoms with van der Waals surface area (Å²) < 4.78 is 6.41. The summed E-state index contributed by atoms with van der Waals surface area (Å²) in [5, 5.41) is 3.56. The van der Waals surface area contributed by atoms with Gasteiger partial charge < -0.3 is 15.0 Å². The summed E-state index contributed by atoms with van der Waals surface area (Å²) in [5.74, 6) is 2.02. The molecule has 2 aliphatic rings. The second-order valence-corrected chi connectivity index (χ2v) is 9.81. The Kier molecular flexibility index (Phi) is 6.55. The lowest BCUT2D eigenvalue weighted by atomic mass is 10.0. The summed E-state index contributed by atoms with van der Waals surface area (Å²) in [6.07, 6.45) is 6.30. The number of benzene rings is 3. The first-order chi connectivity index (χ1) is 18.2. The Bertz CT molecular complexity index is 1370. The van der Waals surface area contributed by atoms with Gasteiger partial charge in [0.25, 0.3) is 5.91 Å².